The number of nitrogens with zero attached hydrogens (tertiary/aromatic N) is 2. The average molecular weight is 586 g/mol. The van der Waals surface area contributed by atoms with Crippen LogP contribution < -0.4 is 14.8 Å². The molecule has 0 radical (unpaired) electrons. The molecule has 0 spiro atoms. The maximum absolute atomic E-state index is 15.0. The zero-order valence-corrected chi connectivity index (χ0v) is 24.6. The second kappa shape index (κ2) is 11.4. The van der Waals surface area contributed by atoms with Crippen molar-refractivity contribution in [3.05, 3.63) is 95.6 Å². The first-order valence-electron chi connectivity index (χ1n) is 14.2. The fourth-order valence-electron chi connectivity index (χ4n) is 6.10. The van der Waals surface area contributed by atoms with Crippen LogP contribution in [0.4, 0.5) is 4.79 Å². The third kappa shape index (κ3) is 5.07. The van der Waals surface area contributed by atoms with E-state index >= 15 is 0 Å². The van der Waals surface area contributed by atoms with Gasteiger partial charge in [-0.1, -0.05) is 80.6 Å². The van der Waals surface area contributed by atoms with E-state index in [-0.39, 0.29) is 31.2 Å². The van der Waals surface area contributed by atoms with Gasteiger partial charge in [0, 0.05) is 19.0 Å². The van der Waals surface area contributed by atoms with Gasteiger partial charge in [-0.25, -0.2) is 9.69 Å². The standard InChI is InChI=1S/C33H35N3O7/c1-21(2)17-26(29(38)39)33(34-22(3)37,25-15-16-27-28(18-25)43-20-42-27)36-30(40)32(4,24-13-9-6-10-14-24)35(31(36)41)19-23-11-7-5-8-12-23/h5-16,18,21,26H,17,19-20H2,1-4H3,(H,34,37)(H,38,39)/t26?,32-,33?/m0/s1. The van der Waals surface area contributed by atoms with Crippen LogP contribution in [0.2, 0.25) is 0 Å². The second-order valence-electron chi connectivity index (χ2n) is 11.5. The largest absolute Gasteiger partial charge is 0.481 e. The highest BCUT2D eigenvalue weighted by Crippen LogP contribution is 2.49. The maximum atomic E-state index is 15.0. The highest BCUT2D eigenvalue weighted by Gasteiger charge is 2.65. The number of carbonyl (C=O) groups is 4. The van der Waals surface area contributed by atoms with E-state index in [0.29, 0.717) is 17.1 Å². The summed E-state index contributed by atoms with van der Waals surface area (Å²) in [4.78, 5) is 58.3. The third-order valence-electron chi connectivity index (χ3n) is 8.14. The van der Waals surface area contributed by atoms with Crippen LogP contribution in [0.25, 0.3) is 0 Å². The van der Waals surface area contributed by atoms with Gasteiger partial charge < -0.3 is 24.8 Å². The van der Waals surface area contributed by atoms with E-state index in [1.54, 1.807) is 43.3 Å². The maximum Gasteiger partial charge on any atom is 0.330 e. The Balaban J connectivity index is 1.80. The summed E-state index contributed by atoms with van der Waals surface area (Å²) in [5.41, 5.74) is -2.12. The molecule has 3 atom stereocenters. The lowest BCUT2D eigenvalue weighted by atomic mass is 9.78. The number of aliphatic carboxylic acids is 1. The zero-order chi connectivity index (χ0) is 30.9. The number of carboxylic acid groups (broad SMARTS) is 1. The number of carboxylic acids is 1. The minimum absolute atomic E-state index is 0.0429. The van der Waals surface area contributed by atoms with Gasteiger partial charge in [0.15, 0.2) is 17.2 Å². The lowest BCUT2D eigenvalue weighted by Gasteiger charge is -2.45. The number of amides is 4. The Morgan fingerprint density at radius 3 is 2.21 bits per heavy atom. The van der Waals surface area contributed by atoms with Crippen molar-refractivity contribution in [2.75, 3.05) is 6.79 Å². The molecule has 4 amide bonds. The Hall–Kier alpha value is -4.86. The fourth-order valence-corrected chi connectivity index (χ4v) is 6.10. The van der Waals surface area contributed by atoms with Gasteiger partial charge in [-0.2, -0.15) is 0 Å². The minimum atomic E-state index is -2.11. The van der Waals surface area contributed by atoms with E-state index in [1.165, 1.54) is 17.9 Å². The number of imide groups is 1. The van der Waals surface area contributed by atoms with Gasteiger partial charge in [0.05, 0.1) is 0 Å². The van der Waals surface area contributed by atoms with Crippen LogP contribution >= 0.6 is 0 Å². The van der Waals surface area contributed by atoms with Crippen molar-refractivity contribution in [1.82, 2.24) is 15.1 Å². The number of rotatable bonds is 10. The molecule has 10 heteroatoms. The molecular weight excluding hydrogens is 550 g/mol. The van der Waals surface area contributed by atoms with Gasteiger partial charge >= 0.3 is 12.0 Å². The highest BCUT2D eigenvalue weighted by atomic mass is 16.7. The summed E-state index contributed by atoms with van der Waals surface area (Å²) in [6.45, 7) is 6.60. The molecule has 43 heavy (non-hydrogen) atoms. The molecule has 2 unspecified atom stereocenters. The van der Waals surface area contributed by atoms with Crippen LogP contribution in [0, 0.1) is 11.8 Å². The van der Waals surface area contributed by atoms with Crippen LogP contribution in [0.1, 0.15) is 50.8 Å². The summed E-state index contributed by atoms with van der Waals surface area (Å²) < 4.78 is 11.1. The lowest BCUT2D eigenvalue weighted by molar-refractivity contribution is -0.155. The Morgan fingerprint density at radius 2 is 1.60 bits per heavy atom. The number of ether oxygens (including phenoxy) is 2. The summed E-state index contributed by atoms with van der Waals surface area (Å²) in [5.74, 6) is -3.40. The van der Waals surface area contributed by atoms with Crippen LogP contribution in [-0.2, 0) is 32.1 Å². The Morgan fingerprint density at radius 1 is 0.977 bits per heavy atom. The third-order valence-corrected chi connectivity index (χ3v) is 8.14. The molecule has 5 rings (SSSR count). The van der Waals surface area contributed by atoms with Crippen LogP contribution in [0.3, 0.4) is 0 Å². The molecular formula is C33H35N3O7. The number of urea groups is 1. The van der Waals surface area contributed by atoms with Crippen molar-refractivity contribution in [3.8, 4) is 11.5 Å². The van der Waals surface area contributed by atoms with Gasteiger partial charge in [-0.3, -0.25) is 14.4 Å². The Labute approximate surface area is 250 Å². The number of nitrogens with one attached hydrogen (secondary N) is 1. The molecule has 0 saturated carbocycles. The second-order valence-corrected chi connectivity index (χ2v) is 11.5. The first kappa shape index (κ1) is 29.6. The van der Waals surface area contributed by atoms with Crippen molar-refractivity contribution in [2.24, 2.45) is 11.8 Å². The number of hydrogen-bond acceptors (Lipinski definition) is 6. The molecule has 10 nitrogen and oxygen atoms in total. The van der Waals surface area contributed by atoms with Gasteiger partial charge in [-0.05, 0) is 42.5 Å². The van der Waals surface area contributed by atoms with E-state index in [9.17, 15) is 24.3 Å². The highest BCUT2D eigenvalue weighted by molar-refractivity contribution is 6.08. The predicted octanol–water partition coefficient (Wildman–Crippen LogP) is 4.83. The SMILES string of the molecule is CC(=O)NC(c1ccc2c(c1)OCO2)(C(CC(C)C)C(=O)O)N1C(=O)N(Cc2ccccc2)[C@@](C)(c2ccccc2)C1=O. The number of fused-ring (bicyclic) bond motifs is 1. The molecule has 0 aliphatic carbocycles. The molecule has 2 heterocycles. The lowest BCUT2D eigenvalue weighted by Crippen LogP contribution is -2.66. The van der Waals surface area contributed by atoms with E-state index in [2.05, 4.69) is 5.32 Å². The van der Waals surface area contributed by atoms with Gasteiger partial charge in [0.2, 0.25) is 12.7 Å². The van der Waals surface area contributed by atoms with E-state index < -0.39 is 40.9 Å². The summed E-state index contributed by atoms with van der Waals surface area (Å²) in [5, 5.41) is 13.5. The Bertz CT molecular complexity index is 1540. The predicted molar refractivity (Wildman–Crippen MR) is 157 cm³/mol. The topological polar surface area (TPSA) is 125 Å². The monoisotopic (exact) mass is 585 g/mol. The first-order chi connectivity index (χ1) is 20.5. The smallest absolute Gasteiger partial charge is 0.330 e. The molecule has 0 aromatic heterocycles. The van der Waals surface area contributed by atoms with Gasteiger partial charge in [-0.15, -0.1) is 0 Å². The number of carbonyl (C=O) groups excluding carboxylic acids is 3. The van der Waals surface area contributed by atoms with Crippen molar-refractivity contribution >= 4 is 23.8 Å². The van der Waals surface area contributed by atoms with Gasteiger partial charge in [0.1, 0.15) is 11.5 Å². The van der Waals surface area contributed by atoms with Crippen LogP contribution in [-0.4, -0.2) is 45.5 Å². The van der Waals surface area contributed by atoms with Crippen LogP contribution in [0.15, 0.2) is 78.9 Å². The van der Waals surface area contributed by atoms with Crippen molar-refractivity contribution in [3.63, 3.8) is 0 Å². The molecule has 2 aliphatic rings. The fraction of sp³-hybridized carbons (Fsp3) is 0.333. The van der Waals surface area contributed by atoms with E-state index in [4.69, 9.17) is 9.47 Å². The molecule has 1 fully saturated rings. The molecule has 2 N–H and O–H groups in total. The quantitative estimate of drug-likeness (QED) is 0.327. The van der Waals surface area contributed by atoms with Crippen molar-refractivity contribution < 1.29 is 33.8 Å². The number of benzene rings is 3. The van der Waals surface area contributed by atoms with Gasteiger partial charge in [0.25, 0.3) is 5.91 Å². The summed E-state index contributed by atoms with van der Waals surface area (Å²) in [6, 6.07) is 22.1. The first-order valence-corrected chi connectivity index (χ1v) is 14.2. The molecule has 3 aromatic carbocycles. The molecule has 3 aromatic rings. The molecule has 224 valence electrons. The molecule has 0 bridgehead atoms. The van der Waals surface area contributed by atoms with E-state index in [1.807, 2.05) is 50.2 Å². The normalized spacial score (nSPS) is 19.8. The van der Waals surface area contributed by atoms with Crippen molar-refractivity contribution in [2.45, 2.75) is 51.9 Å². The minimum Gasteiger partial charge on any atom is -0.481 e. The van der Waals surface area contributed by atoms with Crippen molar-refractivity contribution in [1.29, 1.82) is 0 Å². The average Bonchev–Trinajstić information content (AvgIpc) is 3.53. The number of hydrogen-bond donors (Lipinski definition) is 2. The van der Waals surface area contributed by atoms with Crippen LogP contribution in [0.5, 0.6) is 11.5 Å². The molecule has 2 aliphatic heterocycles. The Kier molecular flexibility index (Phi) is 7.88. The molecule has 1 saturated heterocycles. The van der Waals surface area contributed by atoms with E-state index in [0.717, 1.165) is 10.5 Å². The zero-order valence-electron chi connectivity index (χ0n) is 24.6. The summed E-state index contributed by atoms with van der Waals surface area (Å²) in [6.07, 6.45) is 0.0435. The summed E-state index contributed by atoms with van der Waals surface area (Å²) in [7, 11) is 0. The summed E-state index contributed by atoms with van der Waals surface area (Å²) >= 11 is 0.